The molecule has 8 nitrogen and oxygen atoms in total. The lowest BCUT2D eigenvalue weighted by Crippen LogP contribution is -2.33. The predicted octanol–water partition coefficient (Wildman–Crippen LogP) is 4.92. The Kier molecular flexibility index (Phi) is 4.95. The maximum absolute atomic E-state index is 13.1. The highest BCUT2D eigenvalue weighted by molar-refractivity contribution is 6.06. The van der Waals surface area contributed by atoms with Crippen molar-refractivity contribution in [2.75, 3.05) is 5.32 Å². The number of carbonyl (C=O) groups is 1. The smallest absolute Gasteiger partial charge is 0.234 e. The molecule has 1 aliphatic carbocycles. The summed E-state index contributed by atoms with van der Waals surface area (Å²) in [5.41, 5.74) is 5.43. The van der Waals surface area contributed by atoms with Gasteiger partial charge in [-0.2, -0.15) is 0 Å². The largest absolute Gasteiger partial charge is 0.325 e. The van der Waals surface area contributed by atoms with Gasteiger partial charge in [0.1, 0.15) is 29.2 Å². The molecule has 1 aromatic carbocycles. The lowest BCUT2D eigenvalue weighted by molar-refractivity contribution is -0.120. The first-order valence-electron chi connectivity index (χ1n) is 12.4. The third-order valence-corrected chi connectivity index (χ3v) is 7.68. The van der Waals surface area contributed by atoms with Crippen LogP contribution in [0.3, 0.4) is 0 Å². The van der Waals surface area contributed by atoms with Gasteiger partial charge in [-0.05, 0) is 69.6 Å². The number of aryl methyl sites for hydroxylation is 2. The first kappa shape index (κ1) is 21.8. The van der Waals surface area contributed by atoms with Crippen molar-refractivity contribution in [2.24, 2.45) is 11.8 Å². The number of nitrogens with zero attached hydrogens (tertiary/aromatic N) is 6. The fourth-order valence-electron chi connectivity index (χ4n) is 5.49. The van der Waals surface area contributed by atoms with Crippen LogP contribution in [0.5, 0.6) is 0 Å². The fraction of sp³-hybridized carbons (Fsp3) is 0.407. The van der Waals surface area contributed by atoms with Crippen LogP contribution < -0.4 is 5.32 Å². The molecule has 0 radical (unpaired) electrons. The number of rotatable bonds is 6. The van der Waals surface area contributed by atoms with Crippen molar-refractivity contribution < 1.29 is 4.79 Å². The summed E-state index contributed by atoms with van der Waals surface area (Å²) in [5, 5.41) is 3.11. The van der Waals surface area contributed by atoms with E-state index in [1.807, 2.05) is 19.1 Å². The predicted molar refractivity (Wildman–Crippen MR) is 135 cm³/mol. The minimum absolute atomic E-state index is 0.0851. The Labute approximate surface area is 204 Å². The molecule has 35 heavy (non-hydrogen) atoms. The van der Waals surface area contributed by atoms with Crippen LogP contribution in [0.1, 0.15) is 51.4 Å². The molecular formula is C27H29N7O. The highest BCUT2D eigenvalue weighted by Crippen LogP contribution is 2.48. The number of hydrogen-bond acceptors (Lipinski definition) is 6. The summed E-state index contributed by atoms with van der Waals surface area (Å²) in [4.78, 5) is 35.9. The molecule has 1 fully saturated rings. The van der Waals surface area contributed by atoms with E-state index in [9.17, 15) is 4.79 Å². The van der Waals surface area contributed by atoms with E-state index in [2.05, 4.69) is 56.7 Å². The van der Waals surface area contributed by atoms with Gasteiger partial charge in [0.25, 0.3) is 0 Å². The van der Waals surface area contributed by atoms with Gasteiger partial charge in [-0.3, -0.25) is 4.79 Å². The van der Waals surface area contributed by atoms with Gasteiger partial charge in [-0.1, -0.05) is 13.0 Å². The molecule has 178 valence electrons. The summed E-state index contributed by atoms with van der Waals surface area (Å²) in [6.07, 6.45) is 8.58. The minimum Gasteiger partial charge on any atom is -0.325 e. The van der Waals surface area contributed by atoms with Gasteiger partial charge in [0.05, 0.1) is 11.0 Å². The Hall–Kier alpha value is -3.68. The van der Waals surface area contributed by atoms with Crippen LogP contribution in [0, 0.1) is 18.8 Å². The van der Waals surface area contributed by atoms with E-state index in [4.69, 9.17) is 4.98 Å². The minimum atomic E-state index is -0.549. The molecule has 1 saturated carbocycles. The van der Waals surface area contributed by atoms with Gasteiger partial charge in [-0.15, -0.1) is 0 Å². The van der Waals surface area contributed by atoms with Crippen LogP contribution in [0.15, 0.2) is 36.9 Å². The molecule has 8 heteroatoms. The van der Waals surface area contributed by atoms with Crippen molar-refractivity contribution in [3.05, 3.63) is 48.3 Å². The molecule has 1 unspecified atom stereocenters. The highest BCUT2D eigenvalue weighted by atomic mass is 16.2. The first-order valence-corrected chi connectivity index (χ1v) is 12.4. The molecule has 4 heterocycles. The van der Waals surface area contributed by atoms with E-state index in [1.54, 1.807) is 18.7 Å². The standard InChI is InChI=1S/C27H29N7O/c1-5-34-24(19-12-28-16(3)29-13-19)33-23-22(30-14-31-25(23)34)18-8-9-21-20(10-18)27(4,26(35)32-21)11-15(2)17-6-7-17/h8-10,12-15,17H,5-7,11H2,1-4H3,(H,32,35)/t15-,27?/m1/s1. The number of aromatic nitrogens is 6. The summed E-state index contributed by atoms with van der Waals surface area (Å²) >= 11 is 0. The number of amides is 1. The van der Waals surface area contributed by atoms with Crippen LogP contribution in [0.4, 0.5) is 5.69 Å². The fourth-order valence-corrected chi connectivity index (χ4v) is 5.49. The van der Waals surface area contributed by atoms with Crippen molar-refractivity contribution in [1.82, 2.24) is 29.5 Å². The van der Waals surface area contributed by atoms with Crippen molar-refractivity contribution in [3.63, 3.8) is 0 Å². The molecule has 2 aliphatic rings. The molecule has 0 bridgehead atoms. The zero-order valence-corrected chi connectivity index (χ0v) is 20.5. The number of hydrogen-bond donors (Lipinski definition) is 1. The van der Waals surface area contributed by atoms with Gasteiger partial charge < -0.3 is 9.88 Å². The molecule has 0 saturated heterocycles. The van der Waals surface area contributed by atoms with E-state index in [-0.39, 0.29) is 5.91 Å². The number of carbonyl (C=O) groups excluding carboxylic acids is 1. The Morgan fingerprint density at radius 1 is 1.14 bits per heavy atom. The van der Waals surface area contributed by atoms with Crippen LogP contribution in [-0.2, 0) is 16.8 Å². The van der Waals surface area contributed by atoms with E-state index < -0.39 is 5.41 Å². The molecule has 1 aliphatic heterocycles. The zero-order valence-electron chi connectivity index (χ0n) is 20.5. The second kappa shape index (κ2) is 7.93. The Balaban J connectivity index is 1.47. The van der Waals surface area contributed by atoms with E-state index >= 15 is 0 Å². The Morgan fingerprint density at radius 2 is 1.91 bits per heavy atom. The number of benzene rings is 1. The van der Waals surface area contributed by atoms with E-state index in [0.29, 0.717) is 18.3 Å². The third-order valence-electron chi connectivity index (χ3n) is 7.68. The summed E-state index contributed by atoms with van der Waals surface area (Å²) in [5.74, 6) is 2.84. The van der Waals surface area contributed by atoms with E-state index in [0.717, 1.165) is 57.4 Å². The van der Waals surface area contributed by atoms with Crippen LogP contribution in [0.25, 0.3) is 33.8 Å². The topological polar surface area (TPSA) is 98.5 Å². The Bertz CT molecular complexity index is 1450. The first-order chi connectivity index (χ1) is 16.9. The van der Waals surface area contributed by atoms with Crippen molar-refractivity contribution >= 4 is 22.8 Å². The van der Waals surface area contributed by atoms with Gasteiger partial charge in [0.15, 0.2) is 5.65 Å². The lowest BCUT2D eigenvalue weighted by atomic mass is 9.75. The van der Waals surface area contributed by atoms with Crippen molar-refractivity contribution in [1.29, 1.82) is 0 Å². The highest BCUT2D eigenvalue weighted by Gasteiger charge is 2.45. The van der Waals surface area contributed by atoms with E-state index in [1.165, 1.54) is 12.8 Å². The van der Waals surface area contributed by atoms with Crippen molar-refractivity contribution in [2.45, 2.75) is 58.9 Å². The summed E-state index contributed by atoms with van der Waals surface area (Å²) < 4.78 is 2.06. The lowest BCUT2D eigenvalue weighted by Gasteiger charge is -2.26. The number of anilines is 1. The molecule has 1 N–H and O–H groups in total. The molecule has 4 aromatic rings. The summed E-state index contributed by atoms with van der Waals surface area (Å²) in [7, 11) is 0. The van der Waals surface area contributed by atoms with Crippen LogP contribution in [-0.4, -0.2) is 35.4 Å². The van der Waals surface area contributed by atoms with Gasteiger partial charge in [-0.25, -0.2) is 24.9 Å². The number of imidazole rings is 1. The van der Waals surface area contributed by atoms with Crippen molar-refractivity contribution in [3.8, 4) is 22.6 Å². The summed E-state index contributed by atoms with van der Waals surface area (Å²) in [6, 6.07) is 6.12. The average molecular weight is 468 g/mol. The second-order valence-electron chi connectivity index (χ2n) is 10.2. The number of fused-ring (bicyclic) bond motifs is 2. The van der Waals surface area contributed by atoms with Gasteiger partial charge in [0, 0.05) is 30.2 Å². The zero-order chi connectivity index (χ0) is 24.3. The summed E-state index contributed by atoms with van der Waals surface area (Å²) in [6.45, 7) is 8.99. The Morgan fingerprint density at radius 3 is 2.63 bits per heavy atom. The van der Waals surface area contributed by atoms with Gasteiger partial charge in [0.2, 0.25) is 5.91 Å². The quantitative estimate of drug-likeness (QED) is 0.432. The maximum Gasteiger partial charge on any atom is 0.234 e. The average Bonchev–Trinajstić information content (AvgIpc) is 3.60. The molecule has 0 spiro atoms. The monoisotopic (exact) mass is 467 g/mol. The SMILES string of the molecule is CCn1c(-c2cnc(C)nc2)nc2c(-c3ccc4c(c3)C(C)(C[C@@H](C)C3CC3)C(=O)N4)ncnc21. The molecule has 6 rings (SSSR count). The normalized spacial score (nSPS) is 20.2. The second-order valence-corrected chi connectivity index (χ2v) is 10.2. The molecule has 2 atom stereocenters. The number of nitrogens with one attached hydrogen (secondary N) is 1. The van der Waals surface area contributed by atoms with Crippen LogP contribution in [0.2, 0.25) is 0 Å². The molecule has 1 amide bonds. The maximum atomic E-state index is 13.1. The van der Waals surface area contributed by atoms with Crippen LogP contribution >= 0.6 is 0 Å². The molecule has 3 aromatic heterocycles. The van der Waals surface area contributed by atoms with Gasteiger partial charge >= 0.3 is 0 Å². The third kappa shape index (κ3) is 3.50. The molecular weight excluding hydrogens is 438 g/mol.